The zero-order valence-electron chi connectivity index (χ0n) is 15.1. The minimum absolute atomic E-state index is 0.168. The molecule has 0 spiro atoms. The molecular formula is C20H19N3O4. The molecule has 1 amide bonds. The minimum Gasteiger partial charge on any atom is -0.454 e. The monoisotopic (exact) mass is 365 g/mol. The number of benzene rings is 2. The van der Waals surface area contributed by atoms with Crippen LogP contribution in [0.25, 0.3) is 10.9 Å². The van der Waals surface area contributed by atoms with E-state index >= 15 is 0 Å². The molecule has 1 aromatic heterocycles. The van der Waals surface area contributed by atoms with Crippen molar-refractivity contribution < 1.29 is 14.3 Å². The van der Waals surface area contributed by atoms with Crippen LogP contribution in [0.15, 0.2) is 47.3 Å². The van der Waals surface area contributed by atoms with Gasteiger partial charge < -0.3 is 14.8 Å². The van der Waals surface area contributed by atoms with E-state index < -0.39 is 6.04 Å². The number of rotatable bonds is 4. The molecule has 1 atom stereocenters. The summed E-state index contributed by atoms with van der Waals surface area (Å²) in [5, 5.41) is 3.33. The maximum absolute atomic E-state index is 13.0. The van der Waals surface area contributed by atoms with Gasteiger partial charge >= 0.3 is 0 Å². The van der Waals surface area contributed by atoms with E-state index in [2.05, 4.69) is 10.3 Å². The van der Waals surface area contributed by atoms with E-state index in [1.807, 2.05) is 13.0 Å². The van der Waals surface area contributed by atoms with E-state index in [4.69, 9.17) is 9.47 Å². The molecule has 138 valence electrons. The molecule has 0 saturated heterocycles. The van der Waals surface area contributed by atoms with Gasteiger partial charge in [-0.3, -0.25) is 14.2 Å². The van der Waals surface area contributed by atoms with E-state index in [0.29, 0.717) is 40.3 Å². The van der Waals surface area contributed by atoms with Gasteiger partial charge in [0.1, 0.15) is 11.9 Å². The molecule has 0 bridgehead atoms. The third-order valence-electron chi connectivity index (χ3n) is 4.60. The van der Waals surface area contributed by atoms with Crippen molar-refractivity contribution in [3.8, 4) is 11.5 Å². The highest BCUT2D eigenvalue weighted by molar-refractivity contribution is 5.94. The van der Waals surface area contributed by atoms with Gasteiger partial charge in [-0.15, -0.1) is 0 Å². The molecule has 1 aliphatic heterocycles. The summed E-state index contributed by atoms with van der Waals surface area (Å²) in [7, 11) is 0. The normalized spacial score (nSPS) is 13.6. The van der Waals surface area contributed by atoms with Crippen LogP contribution in [-0.2, 0) is 11.2 Å². The van der Waals surface area contributed by atoms with Crippen LogP contribution < -0.4 is 20.3 Å². The van der Waals surface area contributed by atoms with Gasteiger partial charge in [-0.1, -0.05) is 19.1 Å². The molecular weight excluding hydrogens is 346 g/mol. The predicted molar refractivity (Wildman–Crippen MR) is 101 cm³/mol. The standard InChI is InChI=1S/C20H19N3O4/c1-3-18-22-15-7-5-4-6-14(15)20(25)23(18)12(2)19(24)21-13-8-9-16-17(10-13)27-11-26-16/h4-10,12H,3,11H2,1-2H3,(H,21,24). The number of nitrogens with zero attached hydrogens (tertiary/aromatic N) is 2. The Morgan fingerprint density at radius 1 is 1.22 bits per heavy atom. The summed E-state index contributed by atoms with van der Waals surface area (Å²) in [4.78, 5) is 30.3. The second kappa shape index (κ2) is 6.75. The first-order chi connectivity index (χ1) is 13.1. The quantitative estimate of drug-likeness (QED) is 0.769. The van der Waals surface area contributed by atoms with Crippen LogP contribution in [0.3, 0.4) is 0 Å². The van der Waals surface area contributed by atoms with Crippen LogP contribution in [-0.4, -0.2) is 22.3 Å². The van der Waals surface area contributed by atoms with Crippen molar-refractivity contribution >= 4 is 22.5 Å². The summed E-state index contributed by atoms with van der Waals surface area (Å²) >= 11 is 0. The van der Waals surface area contributed by atoms with Crippen molar-refractivity contribution in [3.05, 3.63) is 58.6 Å². The summed E-state index contributed by atoms with van der Waals surface area (Å²) < 4.78 is 12.1. The highest BCUT2D eigenvalue weighted by Gasteiger charge is 2.22. The lowest BCUT2D eigenvalue weighted by Gasteiger charge is -2.19. The van der Waals surface area contributed by atoms with Crippen molar-refractivity contribution in [3.63, 3.8) is 0 Å². The first kappa shape index (κ1) is 17.1. The lowest BCUT2D eigenvalue weighted by molar-refractivity contribution is -0.118. The Balaban J connectivity index is 1.67. The van der Waals surface area contributed by atoms with Crippen molar-refractivity contribution in [2.75, 3.05) is 12.1 Å². The van der Waals surface area contributed by atoms with Gasteiger partial charge in [0.15, 0.2) is 11.5 Å². The summed E-state index contributed by atoms with van der Waals surface area (Å²) in [6.07, 6.45) is 0.543. The molecule has 2 heterocycles. The van der Waals surface area contributed by atoms with Gasteiger partial charge in [0.2, 0.25) is 12.7 Å². The number of carbonyl (C=O) groups is 1. The third-order valence-corrected chi connectivity index (χ3v) is 4.60. The second-order valence-corrected chi connectivity index (χ2v) is 6.31. The molecule has 0 radical (unpaired) electrons. The third kappa shape index (κ3) is 3.01. The molecule has 1 aliphatic rings. The predicted octanol–water partition coefficient (Wildman–Crippen LogP) is 2.89. The number of aromatic nitrogens is 2. The molecule has 0 fully saturated rings. The lowest BCUT2D eigenvalue weighted by atomic mass is 10.2. The molecule has 2 aromatic carbocycles. The maximum Gasteiger partial charge on any atom is 0.262 e. The van der Waals surface area contributed by atoms with Gasteiger partial charge in [-0.05, 0) is 31.2 Å². The first-order valence-electron chi connectivity index (χ1n) is 8.79. The molecule has 0 aliphatic carbocycles. The fourth-order valence-electron chi connectivity index (χ4n) is 3.18. The summed E-state index contributed by atoms with van der Waals surface area (Å²) in [5.41, 5.74) is 1.00. The van der Waals surface area contributed by atoms with E-state index in [1.54, 1.807) is 43.3 Å². The average Bonchev–Trinajstić information content (AvgIpc) is 3.15. The Labute approximate surface area is 155 Å². The fourth-order valence-corrected chi connectivity index (χ4v) is 3.18. The Morgan fingerprint density at radius 3 is 2.81 bits per heavy atom. The van der Waals surface area contributed by atoms with Crippen molar-refractivity contribution in [1.29, 1.82) is 0 Å². The van der Waals surface area contributed by atoms with Gasteiger partial charge in [0, 0.05) is 18.2 Å². The van der Waals surface area contributed by atoms with Gasteiger partial charge in [0.25, 0.3) is 5.56 Å². The van der Waals surface area contributed by atoms with Crippen LogP contribution >= 0.6 is 0 Å². The molecule has 27 heavy (non-hydrogen) atoms. The van der Waals surface area contributed by atoms with Crippen LogP contribution in [0.5, 0.6) is 11.5 Å². The van der Waals surface area contributed by atoms with E-state index in [9.17, 15) is 9.59 Å². The molecule has 4 rings (SSSR count). The fraction of sp³-hybridized carbons (Fsp3) is 0.250. The van der Waals surface area contributed by atoms with Gasteiger partial charge in [-0.25, -0.2) is 4.98 Å². The van der Waals surface area contributed by atoms with Gasteiger partial charge in [-0.2, -0.15) is 0 Å². The molecule has 7 nitrogen and oxygen atoms in total. The van der Waals surface area contributed by atoms with E-state index in [0.717, 1.165) is 0 Å². The number of ether oxygens (including phenoxy) is 2. The topological polar surface area (TPSA) is 82.5 Å². The zero-order valence-corrected chi connectivity index (χ0v) is 15.1. The Kier molecular flexibility index (Phi) is 4.27. The van der Waals surface area contributed by atoms with Crippen LogP contribution in [0.1, 0.15) is 25.7 Å². The Morgan fingerprint density at radius 2 is 2.00 bits per heavy atom. The van der Waals surface area contributed by atoms with Crippen LogP contribution in [0.2, 0.25) is 0 Å². The summed E-state index contributed by atoms with van der Waals surface area (Å²) in [6, 6.07) is 11.6. The van der Waals surface area contributed by atoms with Crippen LogP contribution in [0.4, 0.5) is 5.69 Å². The SMILES string of the molecule is CCc1nc2ccccc2c(=O)n1C(C)C(=O)Nc1ccc2c(c1)OCO2. The molecule has 3 aromatic rings. The lowest BCUT2D eigenvalue weighted by Crippen LogP contribution is -2.34. The number of nitrogens with one attached hydrogen (secondary N) is 1. The maximum atomic E-state index is 13.0. The molecule has 7 heteroatoms. The van der Waals surface area contributed by atoms with Crippen molar-refractivity contribution in [2.24, 2.45) is 0 Å². The number of aryl methyl sites for hydroxylation is 1. The largest absolute Gasteiger partial charge is 0.454 e. The number of para-hydroxylation sites is 1. The van der Waals surface area contributed by atoms with E-state index in [1.165, 1.54) is 4.57 Å². The Hall–Kier alpha value is -3.35. The number of anilines is 1. The summed E-state index contributed by atoms with van der Waals surface area (Å²) in [6.45, 7) is 3.77. The number of hydrogen-bond donors (Lipinski definition) is 1. The average molecular weight is 365 g/mol. The highest BCUT2D eigenvalue weighted by atomic mass is 16.7. The van der Waals surface area contributed by atoms with Crippen LogP contribution in [0, 0.1) is 0 Å². The number of fused-ring (bicyclic) bond motifs is 2. The zero-order chi connectivity index (χ0) is 19.0. The van der Waals surface area contributed by atoms with Gasteiger partial charge in [0.05, 0.1) is 10.9 Å². The Bertz CT molecular complexity index is 1090. The summed E-state index contributed by atoms with van der Waals surface area (Å²) in [5.74, 6) is 1.50. The van der Waals surface area contributed by atoms with E-state index in [-0.39, 0.29) is 18.3 Å². The first-order valence-corrected chi connectivity index (χ1v) is 8.79. The molecule has 1 N–H and O–H groups in total. The second-order valence-electron chi connectivity index (χ2n) is 6.31. The number of carbonyl (C=O) groups excluding carboxylic acids is 1. The molecule has 0 saturated carbocycles. The van der Waals surface area contributed by atoms with Crippen molar-refractivity contribution in [2.45, 2.75) is 26.3 Å². The highest BCUT2D eigenvalue weighted by Crippen LogP contribution is 2.34. The minimum atomic E-state index is -0.713. The number of amides is 1. The molecule has 1 unspecified atom stereocenters. The smallest absolute Gasteiger partial charge is 0.262 e. The number of hydrogen-bond acceptors (Lipinski definition) is 5. The van der Waals surface area contributed by atoms with Crippen molar-refractivity contribution in [1.82, 2.24) is 9.55 Å².